The van der Waals surface area contributed by atoms with Crippen LogP contribution in [0.5, 0.6) is 0 Å². The van der Waals surface area contributed by atoms with Crippen molar-refractivity contribution in [2.75, 3.05) is 5.32 Å². The Morgan fingerprint density at radius 3 is 2.57 bits per heavy atom. The predicted molar refractivity (Wildman–Crippen MR) is 101 cm³/mol. The Labute approximate surface area is 161 Å². The number of nitrogens with one attached hydrogen (secondary N) is 1. The van der Waals surface area contributed by atoms with Crippen LogP contribution < -0.4 is 5.32 Å². The lowest BCUT2D eigenvalue weighted by atomic mass is 9.84. The van der Waals surface area contributed by atoms with Gasteiger partial charge >= 0.3 is 6.18 Å². The molecule has 4 nitrogen and oxygen atoms in total. The van der Waals surface area contributed by atoms with Crippen molar-refractivity contribution < 1.29 is 18.0 Å². The van der Waals surface area contributed by atoms with Crippen molar-refractivity contribution in [3.8, 4) is 6.19 Å². The zero-order chi connectivity index (χ0) is 20.5. The minimum atomic E-state index is -4.63. The Balaban J connectivity index is 2.01. The third-order valence-corrected chi connectivity index (χ3v) is 4.95. The van der Waals surface area contributed by atoms with Gasteiger partial charge in [0.05, 0.1) is 11.4 Å². The molecule has 1 heterocycles. The number of hydrogen-bond acceptors (Lipinski definition) is 4. The highest BCUT2D eigenvalue weighted by Gasteiger charge is 2.62. The van der Waals surface area contributed by atoms with Gasteiger partial charge in [0.15, 0.2) is 6.19 Å². The number of anilines is 1. The fourth-order valence-electron chi connectivity index (χ4n) is 3.40. The van der Waals surface area contributed by atoms with Crippen LogP contribution in [0.1, 0.15) is 41.2 Å². The molecule has 0 aliphatic carbocycles. The number of hydrogen-bond donors (Lipinski definition) is 1. The van der Waals surface area contributed by atoms with Crippen molar-refractivity contribution in [3.63, 3.8) is 0 Å². The maximum atomic E-state index is 14.2. The summed E-state index contributed by atoms with van der Waals surface area (Å²) in [7, 11) is 0. The van der Waals surface area contributed by atoms with Crippen molar-refractivity contribution in [1.29, 1.82) is 5.26 Å². The fraction of sp³-hybridized carbons (Fsp3) is 0.333. The standard InChI is InChI=1S/C21H20F3N3O/c1-4-15-7-13(2)8-17(10-15)20(21(22,23)24)11-19(27-28-20)16-5-6-18(26-12-25)14(3)9-16/h5-10,26H,4,11H2,1-3H3. The molecule has 28 heavy (non-hydrogen) atoms. The van der Waals surface area contributed by atoms with Crippen LogP contribution in [0.25, 0.3) is 0 Å². The average Bonchev–Trinajstić information content (AvgIpc) is 3.10. The molecule has 3 rings (SSSR count). The summed E-state index contributed by atoms with van der Waals surface area (Å²) in [5, 5.41) is 15.1. The lowest BCUT2D eigenvalue weighted by Crippen LogP contribution is -2.42. The third-order valence-electron chi connectivity index (χ3n) is 4.95. The van der Waals surface area contributed by atoms with Gasteiger partial charge in [-0.3, -0.25) is 5.32 Å². The summed E-state index contributed by atoms with van der Waals surface area (Å²) in [5.41, 5.74) is 1.22. The smallest absolute Gasteiger partial charge is 0.374 e. The average molecular weight is 387 g/mol. The van der Waals surface area contributed by atoms with E-state index in [1.165, 1.54) is 6.07 Å². The van der Waals surface area contributed by atoms with Crippen LogP contribution in [0.3, 0.4) is 0 Å². The Morgan fingerprint density at radius 2 is 1.96 bits per heavy atom. The van der Waals surface area contributed by atoms with Crippen molar-refractivity contribution in [1.82, 2.24) is 0 Å². The molecule has 146 valence electrons. The summed E-state index contributed by atoms with van der Waals surface area (Å²) < 4.78 is 42.5. The van der Waals surface area contributed by atoms with E-state index in [4.69, 9.17) is 10.1 Å². The SMILES string of the molecule is CCc1cc(C)cc(C2(C(F)(F)F)CC(c3ccc(NC#N)c(C)c3)=NO2)c1. The van der Waals surface area contributed by atoms with Gasteiger partial charge < -0.3 is 4.84 Å². The van der Waals surface area contributed by atoms with Crippen LogP contribution in [-0.2, 0) is 16.9 Å². The molecule has 1 aliphatic rings. The molecule has 0 radical (unpaired) electrons. The molecule has 7 heteroatoms. The van der Waals surface area contributed by atoms with Gasteiger partial charge in [-0.25, -0.2) is 0 Å². The van der Waals surface area contributed by atoms with Gasteiger partial charge in [0.1, 0.15) is 0 Å². The van der Waals surface area contributed by atoms with E-state index in [1.54, 1.807) is 38.1 Å². The lowest BCUT2D eigenvalue weighted by molar-refractivity contribution is -0.275. The van der Waals surface area contributed by atoms with E-state index >= 15 is 0 Å². The minimum Gasteiger partial charge on any atom is -0.374 e. The summed E-state index contributed by atoms with van der Waals surface area (Å²) in [6.07, 6.45) is -2.58. The van der Waals surface area contributed by atoms with Gasteiger partial charge in [-0.2, -0.15) is 18.4 Å². The zero-order valence-electron chi connectivity index (χ0n) is 15.8. The number of aryl methyl sites for hydroxylation is 3. The molecule has 0 bridgehead atoms. The molecule has 0 saturated heterocycles. The molecule has 0 aromatic heterocycles. The molecule has 0 amide bonds. The van der Waals surface area contributed by atoms with Gasteiger partial charge in [0.25, 0.3) is 5.60 Å². The molecular formula is C21H20F3N3O. The molecule has 1 N–H and O–H groups in total. The molecule has 2 aromatic carbocycles. The van der Waals surface area contributed by atoms with E-state index in [0.717, 1.165) is 16.7 Å². The molecule has 2 aromatic rings. The molecule has 1 unspecified atom stereocenters. The number of alkyl halides is 3. The topological polar surface area (TPSA) is 57.4 Å². The summed E-state index contributed by atoms with van der Waals surface area (Å²) in [4.78, 5) is 5.13. The first-order valence-corrected chi connectivity index (χ1v) is 8.89. The second-order valence-corrected chi connectivity index (χ2v) is 6.96. The summed E-state index contributed by atoms with van der Waals surface area (Å²) in [6.45, 7) is 5.44. The Kier molecular flexibility index (Phi) is 5.07. The first kappa shape index (κ1) is 19.7. The second-order valence-electron chi connectivity index (χ2n) is 6.96. The van der Waals surface area contributed by atoms with Crippen molar-refractivity contribution in [2.45, 2.75) is 45.4 Å². The zero-order valence-corrected chi connectivity index (χ0v) is 15.8. The molecule has 0 saturated carbocycles. The predicted octanol–water partition coefficient (Wildman–Crippen LogP) is 5.34. The first-order chi connectivity index (χ1) is 13.2. The van der Waals surface area contributed by atoms with Crippen molar-refractivity contribution in [3.05, 3.63) is 64.2 Å². The molecule has 1 atom stereocenters. The molecular weight excluding hydrogens is 367 g/mol. The fourth-order valence-corrected chi connectivity index (χ4v) is 3.40. The number of halogens is 3. The molecule has 0 spiro atoms. The number of benzene rings is 2. The van der Waals surface area contributed by atoms with Gasteiger partial charge in [0.2, 0.25) is 0 Å². The number of nitriles is 1. The van der Waals surface area contributed by atoms with E-state index in [0.29, 0.717) is 17.7 Å². The van der Waals surface area contributed by atoms with Gasteiger partial charge in [0, 0.05) is 12.0 Å². The van der Waals surface area contributed by atoms with E-state index in [1.807, 2.05) is 19.2 Å². The lowest BCUT2D eigenvalue weighted by Gasteiger charge is -2.30. The van der Waals surface area contributed by atoms with E-state index < -0.39 is 18.2 Å². The largest absolute Gasteiger partial charge is 0.435 e. The molecule has 0 fully saturated rings. The minimum absolute atomic E-state index is 0.0649. The monoisotopic (exact) mass is 387 g/mol. The van der Waals surface area contributed by atoms with Crippen LogP contribution >= 0.6 is 0 Å². The highest BCUT2D eigenvalue weighted by atomic mass is 19.4. The number of nitrogens with zero attached hydrogens (tertiary/aromatic N) is 2. The van der Waals surface area contributed by atoms with Crippen LogP contribution in [-0.4, -0.2) is 11.9 Å². The highest BCUT2D eigenvalue weighted by molar-refractivity contribution is 6.02. The highest BCUT2D eigenvalue weighted by Crippen LogP contribution is 2.49. The second kappa shape index (κ2) is 7.19. The normalized spacial score (nSPS) is 19.0. The van der Waals surface area contributed by atoms with E-state index in [2.05, 4.69) is 10.5 Å². The van der Waals surface area contributed by atoms with Crippen LogP contribution in [0.2, 0.25) is 0 Å². The van der Waals surface area contributed by atoms with Gasteiger partial charge in [-0.1, -0.05) is 41.9 Å². The van der Waals surface area contributed by atoms with Crippen LogP contribution in [0.15, 0.2) is 41.6 Å². The maximum Gasteiger partial charge on any atom is 0.435 e. The van der Waals surface area contributed by atoms with Crippen LogP contribution in [0, 0.1) is 25.3 Å². The van der Waals surface area contributed by atoms with E-state index in [-0.39, 0.29) is 11.3 Å². The van der Waals surface area contributed by atoms with Gasteiger partial charge in [-0.05, 0) is 49.1 Å². The van der Waals surface area contributed by atoms with Crippen LogP contribution in [0.4, 0.5) is 18.9 Å². The summed E-state index contributed by atoms with van der Waals surface area (Å²) >= 11 is 0. The van der Waals surface area contributed by atoms with Crippen molar-refractivity contribution >= 4 is 11.4 Å². The quantitative estimate of drug-likeness (QED) is 0.569. The summed E-state index contributed by atoms with van der Waals surface area (Å²) in [5.74, 6) is 0. The maximum absolute atomic E-state index is 14.2. The number of oxime groups is 1. The van der Waals surface area contributed by atoms with Crippen molar-refractivity contribution in [2.24, 2.45) is 5.16 Å². The first-order valence-electron chi connectivity index (χ1n) is 8.89. The van der Waals surface area contributed by atoms with Gasteiger partial charge in [-0.15, -0.1) is 0 Å². The Hall–Kier alpha value is -3.01. The Morgan fingerprint density at radius 1 is 1.21 bits per heavy atom. The molecule has 1 aliphatic heterocycles. The number of rotatable bonds is 4. The third kappa shape index (κ3) is 3.42. The Bertz CT molecular complexity index is 976. The van der Waals surface area contributed by atoms with E-state index in [9.17, 15) is 13.2 Å². The summed E-state index contributed by atoms with van der Waals surface area (Å²) in [6, 6.07) is 9.90.